The molecule has 1 fully saturated rings. The summed E-state index contributed by atoms with van der Waals surface area (Å²) in [5.74, 6) is 0.0535. The van der Waals surface area contributed by atoms with Crippen molar-refractivity contribution < 1.29 is 19.1 Å². The molecule has 1 aliphatic heterocycles. The van der Waals surface area contributed by atoms with E-state index in [-0.39, 0.29) is 12.5 Å². The predicted octanol–water partition coefficient (Wildman–Crippen LogP) is 4.47. The molecule has 2 heterocycles. The molecule has 32 heavy (non-hydrogen) atoms. The molecule has 0 unspecified atom stereocenters. The zero-order valence-corrected chi connectivity index (χ0v) is 19.2. The summed E-state index contributed by atoms with van der Waals surface area (Å²) in [5, 5.41) is 1.57. The maximum absolute atomic E-state index is 12.4. The second-order valence-corrected chi connectivity index (χ2v) is 8.75. The summed E-state index contributed by atoms with van der Waals surface area (Å²) >= 11 is 7.88. The van der Waals surface area contributed by atoms with Crippen molar-refractivity contribution >= 4 is 56.7 Å². The van der Waals surface area contributed by atoms with E-state index in [1.807, 2.05) is 48.5 Å². The first-order valence-corrected chi connectivity index (χ1v) is 11.4. The summed E-state index contributed by atoms with van der Waals surface area (Å²) in [6, 6.07) is 15.6. The number of thiophene rings is 1. The fraction of sp³-hybridized carbons (Fsp3) is 0.250. The molecule has 2 aromatic carbocycles. The maximum Gasteiger partial charge on any atom is 0.331 e. The van der Waals surface area contributed by atoms with Crippen LogP contribution in [-0.4, -0.2) is 56.7 Å². The second-order valence-electron chi connectivity index (χ2n) is 7.28. The lowest BCUT2D eigenvalue weighted by molar-refractivity contribution is -0.148. The first kappa shape index (κ1) is 22.2. The molecule has 1 aromatic heterocycles. The highest BCUT2D eigenvalue weighted by atomic mass is 35.5. The fourth-order valence-electron chi connectivity index (χ4n) is 3.56. The van der Waals surface area contributed by atoms with Crippen LogP contribution in [0.15, 0.2) is 54.6 Å². The van der Waals surface area contributed by atoms with E-state index in [1.54, 1.807) is 18.1 Å². The number of esters is 1. The standard InChI is InChI=1S/C24H23ClN2O4S/c1-30-18-8-6-17(7-9-18)26-12-14-27(15-13-26)22(28)16-31-23(29)11-10-21-24(25)19-4-2-3-5-20(19)32-21/h2-11H,12-16H2,1H3/b11-10+. The van der Waals surface area contributed by atoms with E-state index in [1.165, 1.54) is 17.4 Å². The first-order valence-electron chi connectivity index (χ1n) is 10.2. The van der Waals surface area contributed by atoms with E-state index in [9.17, 15) is 9.59 Å². The normalized spacial score (nSPS) is 14.2. The number of piperazine rings is 1. The summed E-state index contributed by atoms with van der Waals surface area (Å²) in [5.41, 5.74) is 1.09. The molecule has 1 aliphatic rings. The number of rotatable bonds is 6. The summed E-state index contributed by atoms with van der Waals surface area (Å²) in [6.45, 7) is 2.32. The third kappa shape index (κ3) is 5.06. The molecule has 0 radical (unpaired) electrons. The number of benzene rings is 2. The molecule has 6 nitrogen and oxygen atoms in total. The van der Waals surface area contributed by atoms with Crippen LogP contribution in [0.4, 0.5) is 5.69 Å². The highest BCUT2D eigenvalue weighted by Gasteiger charge is 2.22. The number of hydrogen-bond donors (Lipinski definition) is 0. The van der Waals surface area contributed by atoms with Gasteiger partial charge in [-0.15, -0.1) is 11.3 Å². The first-order chi connectivity index (χ1) is 15.5. The van der Waals surface area contributed by atoms with Gasteiger partial charge in [-0.05, 0) is 36.4 Å². The Balaban J connectivity index is 1.25. The van der Waals surface area contributed by atoms with Gasteiger partial charge in [0.1, 0.15) is 5.75 Å². The van der Waals surface area contributed by atoms with Crippen LogP contribution in [0.25, 0.3) is 16.2 Å². The minimum atomic E-state index is -0.566. The Kier molecular flexibility index (Phi) is 6.97. The molecule has 0 atom stereocenters. The van der Waals surface area contributed by atoms with E-state index in [0.717, 1.165) is 39.5 Å². The Morgan fingerprint density at radius 3 is 2.47 bits per heavy atom. The van der Waals surface area contributed by atoms with Gasteiger partial charge < -0.3 is 19.3 Å². The number of hydrogen-bond acceptors (Lipinski definition) is 6. The van der Waals surface area contributed by atoms with Crippen molar-refractivity contribution in [1.82, 2.24) is 4.90 Å². The van der Waals surface area contributed by atoms with Crippen molar-refractivity contribution in [2.24, 2.45) is 0 Å². The number of fused-ring (bicyclic) bond motifs is 1. The zero-order valence-electron chi connectivity index (χ0n) is 17.6. The monoisotopic (exact) mass is 470 g/mol. The topological polar surface area (TPSA) is 59.1 Å². The van der Waals surface area contributed by atoms with Gasteiger partial charge in [0, 0.05) is 52.9 Å². The average Bonchev–Trinajstić information content (AvgIpc) is 3.17. The Morgan fingerprint density at radius 2 is 1.78 bits per heavy atom. The predicted molar refractivity (Wildman–Crippen MR) is 129 cm³/mol. The largest absolute Gasteiger partial charge is 0.497 e. The second kappa shape index (κ2) is 10.1. The molecule has 3 aromatic rings. The highest BCUT2D eigenvalue weighted by molar-refractivity contribution is 7.20. The van der Waals surface area contributed by atoms with E-state index in [0.29, 0.717) is 18.1 Å². The van der Waals surface area contributed by atoms with Crippen LogP contribution in [0.5, 0.6) is 5.75 Å². The molecule has 0 spiro atoms. The van der Waals surface area contributed by atoms with Crippen LogP contribution >= 0.6 is 22.9 Å². The summed E-state index contributed by atoms with van der Waals surface area (Å²) in [7, 11) is 1.64. The van der Waals surface area contributed by atoms with Gasteiger partial charge in [-0.2, -0.15) is 0 Å². The minimum absolute atomic E-state index is 0.193. The van der Waals surface area contributed by atoms with Crippen LogP contribution < -0.4 is 9.64 Å². The van der Waals surface area contributed by atoms with Crippen molar-refractivity contribution in [1.29, 1.82) is 0 Å². The average molecular weight is 471 g/mol. The lowest BCUT2D eigenvalue weighted by atomic mass is 10.2. The third-order valence-electron chi connectivity index (χ3n) is 5.34. The summed E-state index contributed by atoms with van der Waals surface area (Å²) < 4.78 is 11.4. The minimum Gasteiger partial charge on any atom is -0.497 e. The lowest BCUT2D eigenvalue weighted by Gasteiger charge is -2.36. The molecular weight excluding hydrogens is 448 g/mol. The van der Waals surface area contributed by atoms with Gasteiger partial charge >= 0.3 is 5.97 Å². The molecular formula is C24H23ClN2O4S. The summed E-state index contributed by atoms with van der Waals surface area (Å²) in [4.78, 5) is 29.2. The van der Waals surface area contributed by atoms with Crippen molar-refractivity contribution in [3.63, 3.8) is 0 Å². The summed E-state index contributed by atoms with van der Waals surface area (Å²) in [6.07, 6.45) is 2.94. The molecule has 0 saturated carbocycles. The van der Waals surface area contributed by atoms with Crippen molar-refractivity contribution in [2.75, 3.05) is 44.8 Å². The Hall–Kier alpha value is -3.03. The van der Waals surface area contributed by atoms with Crippen molar-refractivity contribution in [3.8, 4) is 5.75 Å². The molecule has 166 valence electrons. The van der Waals surface area contributed by atoms with Crippen molar-refractivity contribution in [2.45, 2.75) is 0 Å². The van der Waals surface area contributed by atoms with Gasteiger partial charge in [0.15, 0.2) is 6.61 Å². The van der Waals surface area contributed by atoms with E-state index < -0.39 is 5.97 Å². The number of ether oxygens (including phenoxy) is 2. The van der Waals surface area contributed by atoms with Crippen LogP contribution in [0.3, 0.4) is 0 Å². The van der Waals surface area contributed by atoms with Gasteiger partial charge in [-0.25, -0.2) is 4.79 Å². The number of halogens is 1. The molecule has 4 rings (SSSR count). The van der Waals surface area contributed by atoms with Crippen LogP contribution in [0, 0.1) is 0 Å². The lowest BCUT2D eigenvalue weighted by Crippen LogP contribution is -2.49. The molecule has 0 N–H and O–H groups in total. The molecule has 0 bridgehead atoms. The molecule has 0 aliphatic carbocycles. The number of carbonyl (C=O) groups is 2. The van der Waals surface area contributed by atoms with Crippen LogP contribution in [-0.2, 0) is 14.3 Å². The van der Waals surface area contributed by atoms with Crippen molar-refractivity contribution in [3.05, 3.63) is 64.5 Å². The highest BCUT2D eigenvalue weighted by Crippen LogP contribution is 2.35. The van der Waals surface area contributed by atoms with Gasteiger partial charge in [-0.3, -0.25) is 4.79 Å². The fourth-order valence-corrected chi connectivity index (χ4v) is 4.96. The van der Waals surface area contributed by atoms with Gasteiger partial charge in [-0.1, -0.05) is 29.8 Å². The third-order valence-corrected chi connectivity index (χ3v) is 6.99. The number of amides is 1. The Morgan fingerprint density at radius 1 is 1.06 bits per heavy atom. The Labute approximate surface area is 195 Å². The number of methoxy groups -OCH3 is 1. The zero-order chi connectivity index (χ0) is 22.5. The van der Waals surface area contributed by atoms with Crippen LogP contribution in [0.2, 0.25) is 5.02 Å². The van der Waals surface area contributed by atoms with Gasteiger partial charge in [0.25, 0.3) is 5.91 Å². The number of carbonyl (C=O) groups excluding carboxylic acids is 2. The van der Waals surface area contributed by atoms with Gasteiger partial charge in [0.2, 0.25) is 0 Å². The smallest absolute Gasteiger partial charge is 0.331 e. The van der Waals surface area contributed by atoms with E-state index in [2.05, 4.69) is 4.90 Å². The van der Waals surface area contributed by atoms with E-state index >= 15 is 0 Å². The number of nitrogens with zero attached hydrogens (tertiary/aromatic N) is 2. The molecule has 1 saturated heterocycles. The Bertz CT molecular complexity index is 1130. The van der Waals surface area contributed by atoms with Crippen LogP contribution in [0.1, 0.15) is 4.88 Å². The molecule has 8 heteroatoms. The van der Waals surface area contributed by atoms with E-state index in [4.69, 9.17) is 21.1 Å². The maximum atomic E-state index is 12.4. The quantitative estimate of drug-likeness (QED) is 0.393. The number of anilines is 1. The SMILES string of the molecule is COc1ccc(N2CCN(C(=O)COC(=O)/C=C/c3sc4ccccc4c3Cl)CC2)cc1. The molecule has 1 amide bonds. The van der Waals surface area contributed by atoms with Gasteiger partial charge in [0.05, 0.1) is 12.1 Å².